The largest absolute Gasteiger partial charge is 0.382 e. The molecule has 8 nitrogen and oxygen atoms in total. The molecule has 0 bridgehead atoms. The summed E-state index contributed by atoms with van der Waals surface area (Å²) in [7, 11) is 0. The zero-order valence-corrected chi connectivity index (χ0v) is 20.7. The van der Waals surface area contributed by atoms with Gasteiger partial charge in [-0.3, -0.25) is 9.59 Å². The molecule has 0 fully saturated rings. The first kappa shape index (κ1) is 26.4. The second-order valence-corrected chi connectivity index (χ2v) is 9.07. The number of benzene rings is 2. The fourth-order valence-corrected chi connectivity index (χ4v) is 3.91. The standard InChI is InChI=1S/C27H31FN6O2/c1-17(2)15-24(32-26(35)21-8-5-4-7-18(21)3)27(36)31-14-6-9-23-22(16-29)25(30)34(33-23)20-12-10-19(28)11-13-20/h4-5,7-8,10-13,17,24H,6,9,14-15,30H2,1-3H3,(H,31,36)(H,32,35). The number of nitrogens with zero attached hydrogens (tertiary/aromatic N) is 3. The number of anilines is 1. The number of nitrogen functional groups attached to an aromatic ring is 1. The molecule has 1 atom stereocenters. The number of carbonyl (C=O) groups is 2. The first-order valence-corrected chi connectivity index (χ1v) is 11.9. The van der Waals surface area contributed by atoms with Crippen molar-refractivity contribution in [3.8, 4) is 11.8 Å². The molecule has 4 N–H and O–H groups in total. The van der Waals surface area contributed by atoms with Crippen molar-refractivity contribution in [1.82, 2.24) is 20.4 Å². The third-order valence-corrected chi connectivity index (χ3v) is 5.78. The van der Waals surface area contributed by atoms with Gasteiger partial charge in [-0.1, -0.05) is 32.0 Å². The van der Waals surface area contributed by atoms with Crippen LogP contribution in [0, 0.1) is 30.0 Å². The number of amides is 2. The molecule has 0 aliphatic carbocycles. The van der Waals surface area contributed by atoms with E-state index >= 15 is 0 Å². The maximum atomic E-state index is 13.3. The molecule has 2 aromatic carbocycles. The zero-order valence-electron chi connectivity index (χ0n) is 20.7. The van der Waals surface area contributed by atoms with E-state index in [1.54, 1.807) is 12.1 Å². The van der Waals surface area contributed by atoms with Gasteiger partial charge in [-0.05, 0) is 68.0 Å². The zero-order chi connectivity index (χ0) is 26.2. The van der Waals surface area contributed by atoms with Crippen LogP contribution >= 0.6 is 0 Å². The van der Waals surface area contributed by atoms with Crippen LogP contribution in [-0.2, 0) is 11.2 Å². The molecule has 9 heteroatoms. The van der Waals surface area contributed by atoms with Crippen molar-refractivity contribution in [1.29, 1.82) is 5.26 Å². The average molecular weight is 491 g/mol. The van der Waals surface area contributed by atoms with Crippen molar-refractivity contribution in [2.24, 2.45) is 5.92 Å². The summed E-state index contributed by atoms with van der Waals surface area (Å²) in [6.07, 6.45) is 1.42. The molecule has 36 heavy (non-hydrogen) atoms. The highest BCUT2D eigenvalue weighted by Crippen LogP contribution is 2.21. The number of nitrogens with one attached hydrogen (secondary N) is 2. The van der Waals surface area contributed by atoms with Crippen molar-refractivity contribution < 1.29 is 14.0 Å². The lowest BCUT2D eigenvalue weighted by molar-refractivity contribution is -0.123. The SMILES string of the molecule is Cc1ccccc1C(=O)NC(CC(C)C)C(=O)NCCCc1nn(-c2ccc(F)cc2)c(N)c1C#N. The van der Waals surface area contributed by atoms with Gasteiger partial charge in [-0.25, -0.2) is 9.07 Å². The normalized spacial score (nSPS) is 11.7. The summed E-state index contributed by atoms with van der Waals surface area (Å²) in [5.41, 5.74) is 8.79. The lowest BCUT2D eigenvalue weighted by atomic mass is 10.0. The summed E-state index contributed by atoms with van der Waals surface area (Å²) in [5, 5.41) is 19.7. The van der Waals surface area contributed by atoms with Crippen molar-refractivity contribution >= 4 is 17.6 Å². The van der Waals surface area contributed by atoms with E-state index in [4.69, 9.17) is 5.73 Å². The molecule has 0 aliphatic heterocycles. The van der Waals surface area contributed by atoms with Crippen LogP contribution in [-0.4, -0.2) is 34.2 Å². The Kier molecular flexibility index (Phi) is 8.79. The number of aryl methyl sites for hydroxylation is 2. The number of nitrogens with two attached hydrogens (primary N) is 1. The number of halogens is 1. The summed E-state index contributed by atoms with van der Waals surface area (Å²) in [6.45, 7) is 6.17. The second-order valence-electron chi connectivity index (χ2n) is 9.07. The third kappa shape index (κ3) is 6.48. The van der Waals surface area contributed by atoms with E-state index < -0.39 is 6.04 Å². The highest BCUT2D eigenvalue weighted by Gasteiger charge is 2.23. The van der Waals surface area contributed by atoms with Gasteiger partial charge in [0.2, 0.25) is 5.91 Å². The van der Waals surface area contributed by atoms with Gasteiger partial charge in [0.1, 0.15) is 29.3 Å². The lowest BCUT2D eigenvalue weighted by Gasteiger charge is -2.20. The van der Waals surface area contributed by atoms with Crippen LogP contribution in [0.5, 0.6) is 0 Å². The Balaban J connectivity index is 1.61. The minimum absolute atomic E-state index is 0.180. The van der Waals surface area contributed by atoms with Gasteiger partial charge < -0.3 is 16.4 Å². The summed E-state index contributed by atoms with van der Waals surface area (Å²) in [6, 6.07) is 14.3. The van der Waals surface area contributed by atoms with E-state index in [-0.39, 0.29) is 34.9 Å². The maximum Gasteiger partial charge on any atom is 0.252 e. The van der Waals surface area contributed by atoms with E-state index in [1.165, 1.54) is 28.9 Å². The predicted octanol–water partition coefficient (Wildman–Crippen LogP) is 3.67. The molecule has 1 heterocycles. The fraction of sp³-hybridized carbons (Fsp3) is 0.333. The predicted molar refractivity (Wildman–Crippen MR) is 136 cm³/mol. The van der Waals surface area contributed by atoms with Crippen LogP contribution < -0.4 is 16.4 Å². The Labute approximate surface area is 210 Å². The van der Waals surface area contributed by atoms with Gasteiger partial charge in [0.25, 0.3) is 5.91 Å². The van der Waals surface area contributed by atoms with E-state index in [2.05, 4.69) is 21.8 Å². The second kappa shape index (κ2) is 12.0. The molecule has 0 aliphatic rings. The maximum absolute atomic E-state index is 13.3. The summed E-state index contributed by atoms with van der Waals surface area (Å²) < 4.78 is 14.7. The first-order valence-electron chi connectivity index (χ1n) is 11.9. The third-order valence-electron chi connectivity index (χ3n) is 5.78. The molecule has 0 radical (unpaired) electrons. The fourth-order valence-electron chi connectivity index (χ4n) is 3.91. The molecule has 1 aromatic heterocycles. The first-order chi connectivity index (χ1) is 17.2. The number of aromatic nitrogens is 2. The van der Waals surface area contributed by atoms with E-state index in [1.807, 2.05) is 32.9 Å². The minimum Gasteiger partial charge on any atom is -0.382 e. The number of hydrogen-bond acceptors (Lipinski definition) is 5. The van der Waals surface area contributed by atoms with Crippen molar-refractivity contribution in [3.05, 3.63) is 76.7 Å². The van der Waals surface area contributed by atoms with E-state index in [9.17, 15) is 19.2 Å². The molecule has 2 amide bonds. The quantitative estimate of drug-likeness (QED) is 0.374. The molecule has 1 unspecified atom stereocenters. The Hall–Kier alpha value is -4.19. The number of rotatable bonds is 10. The van der Waals surface area contributed by atoms with Crippen LogP contribution in [0.2, 0.25) is 0 Å². The Morgan fingerprint density at radius 3 is 2.50 bits per heavy atom. The summed E-state index contributed by atoms with van der Waals surface area (Å²) in [4.78, 5) is 25.6. The van der Waals surface area contributed by atoms with Gasteiger partial charge in [0, 0.05) is 12.1 Å². The number of nitriles is 1. The van der Waals surface area contributed by atoms with Crippen molar-refractivity contribution in [2.75, 3.05) is 12.3 Å². The van der Waals surface area contributed by atoms with Crippen LogP contribution in [0.3, 0.4) is 0 Å². The van der Waals surface area contributed by atoms with E-state index in [0.717, 1.165) is 5.56 Å². The topological polar surface area (TPSA) is 126 Å². The molecule has 188 valence electrons. The van der Waals surface area contributed by atoms with Gasteiger partial charge in [-0.2, -0.15) is 10.4 Å². The number of hydrogen-bond donors (Lipinski definition) is 3. The van der Waals surface area contributed by atoms with Crippen LogP contribution in [0.15, 0.2) is 48.5 Å². The smallest absolute Gasteiger partial charge is 0.252 e. The van der Waals surface area contributed by atoms with Gasteiger partial charge in [0.05, 0.1) is 11.4 Å². The Morgan fingerprint density at radius 1 is 1.17 bits per heavy atom. The monoisotopic (exact) mass is 490 g/mol. The molecule has 3 rings (SSSR count). The summed E-state index contributed by atoms with van der Waals surface area (Å²) >= 11 is 0. The van der Waals surface area contributed by atoms with Crippen LogP contribution in [0.25, 0.3) is 5.69 Å². The van der Waals surface area contributed by atoms with Crippen molar-refractivity contribution in [3.63, 3.8) is 0 Å². The Morgan fingerprint density at radius 2 is 1.86 bits per heavy atom. The molecule has 0 saturated carbocycles. The van der Waals surface area contributed by atoms with Crippen LogP contribution in [0.4, 0.5) is 10.2 Å². The molecule has 0 saturated heterocycles. The highest BCUT2D eigenvalue weighted by atomic mass is 19.1. The molecule has 3 aromatic rings. The van der Waals surface area contributed by atoms with Gasteiger partial charge in [0.15, 0.2) is 0 Å². The average Bonchev–Trinajstić information content (AvgIpc) is 3.16. The minimum atomic E-state index is -0.667. The molecular weight excluding hydrogens is 459 g/mol. The van der Waals surface area contributed by atoms with Crippen molar-refractivity contribution in [2.45, 2.75) is 46.1 Å². The van der Waals surface area contributed by atoms with Gasteiger partial charge in [-0.15, -0.1) is 0 Å². The Bertz CT molecular complexity index is 1260. The summed E-state index contributed by atoms with van der Waals surface area (Å²) in [5.74, 6) is -0.544. The van der Waals surface area contributed by atoms with E-state index in [0.29, 0.717) is 42.8 Å². The highest BCUT2D eigenvalue weighted by molar-refractivity contribution is 5.98. The number of carbonyl (C=O) groups excluding carboxylic acids is 2. The molecular formula is C27H31FN6O2. The van der Waals surface area contributed by atoms with Crippen LogP contribution in [0.1, 0.15) is 53.9 Å². The lowest BCUT2D eigenvalue weighted by Crippen LogP contribution is -2.47. The van der Waals surface area contributed by atoms with Gasteiger partial charge >= 0.3 is 0 Å². The molecule has 0 spiro atoms.